The van der Waals surface area contributed by atoms with Crippen LogP contribution in [-0.4, -0.2) is 30.1 Å². The van der Waals surface area contributed by atoms with Crippen LogP contribution in [0.4, 0.5) is 11.4 Å². The minimum absolute atomic E-state index is 0.0628. The van der Waals surface area contributed by atoms with Crippen LogP contribution in [0.15, 0.2) is 71.8 Å². The normalized spacial score (nSPS) is 13.8. The molecule has 3 N–H and O–H groups in total. The summed E-state index contributed by atoms with van der Waals surface area (Å²) in [6.07, 6.45) is 3.62. The lowest BCUT2D eigenvalue weighted by Gasteiger charge is -2.28. The molecule has 0 spiro atoms. The molecule has 0 fully saturated rings. The first-order valence-electron chi connectivity index (χ1n) is 12.1. The number of carbonyl (C=O) groups excluding carboxylic acids is 3. The van der Waals surface area contributed by atoms with Gasteiger partial charge in [-0.15, -0.1) is 0 Å². The summed E-state index contributed by atoms with van der Waals surface area (Å²) in [7, 11) is 0. The Bertz CT molecular complexity index is 1510. The van der Waals surface area contributed by atoms with Crippen LogP contribution in [0, 0.1) is 0 Å². The number of hydrogen-bond donors (Lipinski definition) is 2. The van der Waals surface area contributed by atoms with Crippen molar-refractivity contribution < 1.29 is 23.9 Å². The summed E-state index contributed by atoms with van der Waals surface area (Å²) in [6.45, 7) is 3.17. The number of allylic oxidation sites excluding steroid dienone is 1. The first-order chi connectivity index (χ1) is 18.3. The average molecular weight is 511 g/mol. The van der Waals surface area contributed by atoms with Crippen LogP contribution in [0.3, 0.4) is 0 Å². The zero-order valence-corrected chi connectivity index (χ0v) is 21.0. The Hall–Kier alpha value is -4.92. The van der Waals surface area contributed by atoms with Crippen molar-refractivity contribution in [3.8, 4) is 11.5 Å². The predicted molar refractivity (Wildman–Crippen MR) is 144 cm³/mol. The number of amides is 2. The molecule has 9 nitrogen and oxygen atoms in total. The average Bonchev–Trinajstić information content (AvgIpc) is 3.39. The molecule has 0 atom stereocenters. The summed E-state index contributed by atoms with van der Waals surface area (Å²) in [6, 6.07) is 17.6. The van der Waals surface area contributed by atoms with E-state index in [1.54, 1.807) is 48.3 Å². The Labute approximate surface area is 219 Å². The lowest BCUT2D eigenvalue weighted by molar-refractivity contribution is -0.112. The topological polar surface area (TPSA) is 123 Å². The van der Waals surface area contributed by atoms with Gasteiger partial charge in [-0.3, -0.25) is 14.4 Å². The molecule has 2 aliphatic rings. The number of hydrogen-bond acceptors (Lipinski definition) is 7. The number of nitrogens with two attached hydrogens (primary N) is 1. The van der Waals surface area contributed by atoms with Crippen molar-refractivity contribution in [2.75, 3.05) is 17.1 Å². The van der Waals surface area contributed by atoms with E-state index in [0.717, 1.165) is 29.7 Å². The fraction of sp³-hybridized carbons (Fsp3) is 0.172. The summed E-state index contributed by atoms with van der Waals surface area (Å²) >= 11 is 0. The monoisotopic (exact) mass is 510 g/mol. The van der Waals surface area contributed by atoms with E-state index in [9.17, 15) is 14.4 Å². The Morgan fingerprint density at radius 3 is 2.39 bits per heavy atom. The van der Waals surface area contributed by atoms with E-state index in [1.807, 2.05) is 30.3 Å². The molecule has 38 heavy (non-hydrogen) atoms. The van der Waals surface area contributed by atoms with E-state index in [0.29, 0.717) is 34.0 Å². The van der Waals surface area contributed by atoms with Crippen LogP contribution in [0.25, 0.3) is 5.70 Å². The summed E-state index contributed by atoms with van der Waals surface area (Å²) in [5, 5.41) is 9.14. The molecule has 0 saturated heterocycles. The maximum absolute atomic E-state index is 12.9. The number of hydrazone groups is 1. The zero-order chi connectivity index (χ0) is 26.8. The van der Waals surface area contributed by atoms with Crippen LogP contribution in [0.1, 0.15) is 52.1 Å². The quantitative estimate of drug-likeness (QED) is 0.274. The molecule has 0 radical (unpaired) electrons. The van der Waals surface area contributed by atoms with Crippen molar-refractivity contribution in [2.24, 2.45) is 10.8 Å². The van der Waals surface area contributed by atoms with Crippen molar-refractivity contribution >= 4 is 40.4 Å². The van der Waals surface area contributed by atoms with Gasteiger partial charge in [0.1, 0.15) is 5.71 Å². The number of primary amides is 1. The number of ether oxygens (including phenoxy) is 2. The van der Waals surface area contributed by atoms with E-state index in [-0.39, 0.29) is 24.2 Å². The van der Waals surface area contributed by atoms with Gasteiger partial charge in [-0.1, -0.05) is 24.3 Å². The molecule has 0 bridgehead atoms. The van der Waals surface area contributed by atoms with Gasteiger partial charge in [0.05, 0.1) is 11.4 Å². The van der Waals surface area contributed by atoms with E-state index in [1.165, 1.54) is 6.92 Å². The second-order valence-corrected chi connectivity index (χ2v) is 8.99. The lowest BCUT2D eigenvalue weighted by Crippen LogP contribution is -2.26. The molecule has 9 heteroatoms. The Morgan fingerprint density at radius 2 is 1.66 bits per heavy atom. The second kappa shape index (κ2) is 10.2. The van der Waals surface area contributed by atoms with Gasteiger partial charge >= 0.3 is 0 Å². The number of nitrogens with zero attached hydrogens (tertiary/aromatic N) is 2. The molecule has 0 aromatic heterocycles. The van der Waals surface area contributed by atoms with Crippen LogP contribution in [0.2, 0.25) is 0 Å². The summed E-state index contributed by atoms with van der Waals surface area (Å²) in [5.74, 6) is 0.213. The van der Waals surface area contributed by atoms with Gasteiger partial charge in [0.2, 0.25) is 6.79 Å². The number of rotatable bonds is 7. The highest BCUT2D eigenvalue weighted by atomic mass is 16.7. The molecule has 0 saturated carbocycles. The highest BCUT2D eigenvalue weighted by molar-refractivity contribution is 6.37. The molecule has 1 aliphatic carbocycles. The maximum atomic E-state index is 12.9. The molecule has 3 aromatic carbocycles. The number of nitrogens with one attached hydrogen (secondary N) is 1. The van der Waals surface area contributed by atoms with Gasteiger partial charge in [0.15, 0.2) is 17.3 Å². The van der Waals surface area contributed by atoms with Gasteiger partial charge in [-0.25, -0.2) is 5.01 Å². The van der Waals surface area contributed by atoms with E-state index in [2.05, 4.69) is 10.4 Å². The molecular formula is C29H26N4O5. The Balaban J connectivity index is 1.49. The van der Waals surface area contributed by atoms with Crippen molar-refractivity contribution in [1.29, 1.82) is 0 Å². The van der Waals surface area contributed by atoms with E-state index in [4.69, 9.17) is 15.2 Å². The summed E-state index contributed by atoms with van der Waals surface area (Å²) in [4.78, 5) is 36.3. The second-order valence-electron chi connectivity index (χ2n) is 8.99. The lowest BCUT2D eigenvalue weighted by atomic mass is 9.93. The van der Waals surface area contributed by atoms with Gasteiger partial charge in [0.25, 0.3) is 11.8 Å². The Kier molecular flexibility index (Phi) is 6.66. The summed E-state index contributed by atoms with van der Waals surface area (Å²) < 4.78 is 11.0. The smallest absolute Gasteiger partial charge is 0.264 e. The van der Waals surface area contributed by atoms with Crippen molar-refractivity contribution in [1.82, 2.24) is 0 Å². The molecule has 3 aromatic rings. The van der Waals surface area contributed by atoms with Gasteiger partial charge in [-0.2, -0.15) is 5.10 Å². The number of anilines is 2. The molecule has 2 amide bonds. The van der Waals surface area contributed by atoms with E-state index >= 15 is 0 Å². The third-order valence-corrected chi connectivity index (χ3v) is 6.38. The van der Waals surface area contributed by atoms with Crippen LogP contribution in [-0.2, 0) is 11.2 Å². The molecule has 0 unspecified atom stereocenters. The SMILES string of the molecule is CC(=O)c1ccc(C(=O)Nc2ccc3c(c2)C(N(/N=C(\C)C(N)=O)c2ccc4c(c2)OCO4)=CCC3)cc1. The molecule has 5 rings (SSSR count). The van der Waals surface area contributed by atoms with Gasteiger partial charge in [-0.05, 0) is 68.7 Å². The molecule has 1 aliphatic heterocycles. The molecule has 192 valence electrons. The van der Waals surface area contributed by atoms with Crippen molar-refractivity contribution in [3.63, 3.8) is 0 Å². The van der Waals surface area contributed by atoms with Crippen LogP contribution >= 0.6 is 0 Å². The van der Waals surface area contributed by atoms with Gasteiger partial charge in [0, 0.05) is 28.4 Å². The van der Waals surface area contributed by atoms with Crippen LogP contribution in [0.5, 0.6) is 11.5 Å². The number of fused-ring (bicyclic) bond motifs is 2. The fourth-order valence-corrected chi connectivity index (χ4v) is 4.31. The third kappa shape index (κ3) is 4.99. The number of Topliss-reactive ketones (excluding diaryl/α,β-unsaturated/α-hetero) is 1. The van der Waals surface area contributed by atoms with E-state index < -0.39 is 5.91 Å². The maximum Gasteiger partial charge on any atom is 0.264 e. The minimum atomic E-state index is -0.635. The molecule has 1 heterocycles. The fourth-order valence-electron chi connectivity index (χ4n) is 4.31. The zero-order valence-electron chi connectivity index (χ0n) is 21.0. The minimum Gasteiger partial charge on any atom is -0.454 e. The predicted octanol–water partition coefficient (Wildman–Crippen LogP) is 4.53. The largest absolute Gasteiger partial charge is 0.454 e. The first-order valence-corrected chi connectivity index (χ1v) is 12.1. The first kappa shape index (κ1) is 24.8. The number of ketones is 1. The molecular weight excluding hydrogens is 484 g/mol. The Morgan fingerprint density at radius 1 is 0.921 bits per heavy atom. The standard InChI is InChI=1S/C29H26N4O5/c1-17(28(30)35)32-33(23-12-13-26-27(15-23)38-16-37-26)25-5-3-4-20-10-11-22(14-24(20)25)31-29(36)21-8-6-19(7-9-21)18(2)34/h5-15H,3-4,16H2,1-2H3,(H2,30,35)(H,31,36)/b32-17+. The number of aryl methyl sites for hydroxylation is 1. The summed E-state index contributed by atoms with van der Waals surface area (Å²) in [5.41, 5.74) is 10.6. The van der Waals surface area contributed by atoms with Crippen LogP contribution < -0.4 is 25.5 Å². The van der Waals surface area contributed by atoms with Gasteiger partial charge < -0.3 is 20.5 Å². The number of benzene rings is 3. The van der Waals surface area contributed by atoms with Crippen molar-refractivity contribution in [3.05, 3.63) is 89.0 Å². The number of carbonyl (C=O) groups is 3. The van der Waals surface area contributed by atoms with Crippen molar-refractivity contribution in [2.45, 2.75) is 26.7 Å². The third-order valence-electron chi connectivity index (χ3n) is 6.38. The highest BCUT2D eigenvalue weighted by Crippen LogP contribution is 2.40. The highest BCUT2D eigenvalue weighted by Gasteiger charge is 2.24.